The molecule has 8 heteroatoms. The Balaban J connectivity index is 2.46. The predicted octanol–water partition coefficient (Wildman–Crippen LogP) is 2.37. The maximum absolute atomic E-state index is 12.5. The normalized spacial score (nSPS) is 10.7. The summed E-state index contributed by atoms with van der Waals surface area (Å²) in [6, 6.07) is 10.2. The largest absolute Gasteiger partial charge is 0.496 e. The summed E-state index contributed by atoms with van der Waals surface area (Å²) in [5, 5.41) is 18.2. The van der Waals surface area contributed by atoms with Gasteiger partial charge in [0.1, 0.15) is 22.3 Å². The number of hydrogen-bond acceptors (Lipinski definition) is 5. The van der Waals surface area contributed by atoms with Crippen LogP contribution in [0.15, 0.2) is 41.3 Å². The molecular formula is C16H14N2O5S. The van der Waals surface area contributed by atoms with Crippen molar-refractivity contribution < 1.29 is 23.1 Å². The van der Waals surface area contributed by atoms with E-state index in [0.717, 1.165) is 0 Å². The minimum atomic E-state index is -4.01. The van der Waals surface area contributed by atoms with E-state index in [0.29, 0.717) is 5.56 Å². The van der Waals surface area contributed by atoms with E-state index in [-0.39, 0.29) is 27.5 Å². The smallest absolute Gasteiger partial charge is 0.339 e. The number of methoxy groups -OCH3 is 1. The summed E-state index contributed by atoms with van der Waals surface area (Å²) in [5.74, 6) is -1.17. The molecular weight excluding hydrogens is 332 g/mol. The molecule has 24 heavy (non-hydrogen) atoms. The number of aryl methyl sites for hydroxylation is 1. The molecule has 0 aliphatic carbocycles. The third-order valence-corrected chi connectivity index (χ3v) is 4.74. The molecule has 0 heterocycles. The Bertz CT molecular complexity index is 945. The van der Waals surface area contributed by atoms with Crippen LogP contribution in [0.5, 0.6) is 5.75 Å². The Morgan fingerprint density at radius 2 is 2.00 bits per heavy atom. The molecule has 0 atom stereocenters. The van der Waals surface area contributed by atoms with Crippen molar-refractivity contribution >= 4 is 21.7 Å². The lowest BCUT2D eigenvalue weighted by atomic mass is 10.1. The summed E-state index contributed by atoms with van der Waals surface area (Å²) in [7, 11) is -2.73. The van der Waals surface area contributed by atoms with Crippen LogP contribution in [-0.4, -0.2) is 26.6 Å². The van der Waals surface area contributed by atoms with Crippen LogP contribution >= 0.6 is 0 Å². The molecule has 0 saturated carbocycles. The number of nitrogens with zero attached hydrogens (tertiary/aromatic N) is 1. The number of rotatable bonds is 5. The van der Waals surface area contributed by atoms with Crippen LogP contribution in [0.2, 0.25) is 0 Å². The molecule has 0 radical (unpaired) electrons. The van der Waals surface area contributed by atoms with Crippen molar-refractivity contribution in [1.29, 1.82) is 5.26 Å². The lowest BCUT2D eigenvalue weighted by Gasteiger charge is -2.12. The van der Waals surface area contributed by atoms with Crippen molar-refractivity contribution in [2.24, 2.45) is 0 Å². The summed E-state index contributed by atoms with van der Waals surface area (Å²) < 4.78 is 32.4. The number of aromatic carboxylic acids is 1. The number of benzene rings is 2. The summed E-state index contributed by atoms with van der Waals surface area (Å²) in [4.78, 5) is 10.9. The fourth-order valence-electron chi connectivity index (χ4n) is 2.15. The predicted molar refractivity (Wildman–Crippen MR) is 86.7 cm³/mol. The lowest BCUT2D eigenvalue weighted by molar-refractivity contribution is 0.0693. The van der Waals surface area contributed by atoms with Gasteiger partial charge in [-0.2, -0.15) is 5.26 Å². The number of hydrogen-bond donors (Lipinski definition) is 2. The molecule has 0 spiro atoms. The zero-order chi connectivity index (χ0) is 17.9. The fraction of sp³-hybridized carbons (Fsp3) is 0.125. The molecule has 0 aromatic heterocycles. The summed E-state index contributed by atoms with van der Waals surface area (Å²) in [6.45, 7) is 1.64. The van der Waals surface area contributed by atoms with Crippen molar-refractivity contribution in [3.63, 3.8) is 0 Å². The molecule has 124 valence electrons. The van der Waals surface area contributed by atoms with Crippen LogP contribution in [-0.2, 0) is 10.0 Å². The van der Waals surface area contributed by atoms with Gasteiger partial charge in [-0.3, -0.25) is 4.72 Å². The van der Waals surface area contributed by atoms with Crippen LogP contribution in [0.4, 0.5) is 5.69 Å². The second-order valence-corrected chi connectivity index (χ2v) is 6.54. The summed E-state index contributed by atoms with van der Waals surface area (Å²) >= 11 is 0. The number of ether oxygens (including phenoxy) is 1. The van der Waals surface area contributed by atoms with E-state index < -0.39 is 16.0 Å². The van der Waals surface area contributed by atoms with Gasteiger partial charge in [-0.1, -0.05) is 12.1 Å². The molecule has 0 unspecified atom stereocenters. The quantitative estimate of drug-likeness (QED) is 0.858. The van der Waals surface area contributed by atoms with Gasteiger partial charge in [-0.05, 0) is 30.7 Å². The van der Waals surface area contributed by atoms with Gasteiger partial charge in [0.25, 0.3) is 10.0 Å². The highest BCUT2D eigenvalue weighted by Gasteiger charge is 2.21. The van der Waals surface area contributed by atoms with Crippen LogP contribution in [0.3, 0.4) is 0 Å². The number of carboxylic acid groups (broad SMARTS) is 1. The Labute approximate surface area is 139 Å². The van der Waals surface area contributed by atoms with Gasteiger partial charge in [-0.15, -0.1) is 0 Å². The first kappa shape index (κ1) is 17.3. The van der Waals surface area contributed by atoms with Crippen LogP contribution in [0.1, 0.15) is 21.5 Å². The maximum atomic E-state index is 12.5. The molecule has 2 rings (SSSR count). The van der Waals surface area contributed by atoms with E-state index in [2.05, 4.69) is 4.72 Å². The minimum Gasteiger partial charge on any atom is -0.496 e. The molecule has 0 amide bonds. The number of nitriles is 1. The first-order valence-electron chi connectivity index (χ1n) is 6.74. The van der Waals surface area contributed by atoms with E-state index in [1.807, 2.05) is 6.07 Å². The Morgan fingerprint density at radius 3 is 2.58 bits per heavy atom. The zero-order valence-corrected chi connectivity index (χ0v) is 13.7. The van der Waals surface area contributed by atoms with Gasteiger partial charge in [-0.25, -0.2) is 13.2 Å². The highest BCUT2D eigenvalue weighted by atomic mass is 32.2. The standard InChI is InChI=1S/C16H14N2O5S/c1-10-4-3-5-15(13(10)9-17)24(21,22)18-11-6-7-12(16(19)20)14(8-11)23-2/h3-8,18H,1-2H3,(H,19,20). The topological polar surface area (TPSA) is 116 Å². The molecule has 0 aliphatic heterocycles. The molecule has 7 nitrogen and oxygen atoms in total. The fourth-order valence-corrected chi connectivity index (χ4v) is 3.43. The molecule has 0 saturated heterocycles. The average Bonchev–Trinajstić information content (AvgIpc) is 2.53. The van der Waals surface area contributed by atoms with Crippen LogP contribution < -0.4 is 9.46 Å². The first-order valence-corrected chi connectivity index (χ1v) is 8.22. The third kappa shape index (κ3) is 3.31. The molecule has 2 aromatic rings. The average molecular weight is 346 g/mol. The summed E-state index contributed by atoms with van der Waals surface area (Å²) in [5.41, 5.74) is 0.634. The Hall–Kier alpha value is -3.05. The molecule has 0 bridgehead atoms. The van der Waals surface area contributed by atoms with E-state index in [9.17, 15) is 18.5 Å². The van der Waals surface area contributed by atoms with Gasteiger partial charge in [0.2, 0.25) is 0 Å². The van der Waals surface area contributed by atoms with Crippen molar-refractivity contribution in [3.05, 3.63) is 53.1 Å². The van der Waals surface area contributed by atoms with Crippen molar-refractivity contribution in [2.75, 3.05) is 11.8 Å². The Kier molecular flexibility index (Phi) is 4.76. The second kappa shape index (κ2) is 6.60. The van der Waals surface area contributed by atoms with E-state index in [1.165, 1.54) is 31.4 Å². The maximum Gasteiger partial charge on any atom is 0.339 e. The van der Waals surface area contributed by atoms with Gasteiger partial charge in [0.05, 0.1) is 18.4 Å². The Morgan fingerprint density at radius 1 is 1.29 bits per heavy atom. The molecule has 0 fully saturated rings. The highest BCUT2D eigenvalue weighted by Crippen LogP contribution is 2.26. The third-order valence-electron chi connectivity index (χ3n) is 3.32. The van der Waals surface area contributed by atoms with Crippen LogP contribution in [0.25, 0.3) is 0 Å². The van der Waals surface area contributed by atoms with Gasteiger partial charge in [0.15, 0.2) is 0 Å². The zero-order valence-electron chi connectivity index (χ0n) is 12.9. The van der Waals surface area contributed by atoms with Crippen molar-refractivity contribution in [2.45, 2.75) is 11.8 Å². The van der Waals surface area contributed by atoms with E-state index >= 15 is 0 Å². The minimum absolute atomic E-state index is 0.0208. The van der Waals surface area contributed by atoms with Crippen molar-refractivity contribution in [1.82, 2.24) is 0 Å². The number of carbonyl (C=O) groups is 1. The van der Waals surface area contributed by atoms with Gasteiger partial charge in [0, 0.05) is 6.07 Å². The molecule has 0 aliphatic rings. The molecule has 2 N–H and O–H groups in total. The van der Waals surface area contributed by atoms with Crippen molar-refractivity contribution in [3.8, 4) is 11.8 Å². The number of sulfonamides is 1. The SMILES string of the molecule is COc1cc(NS(=O)(=O)c2cccc(C)c2C#N)ccc1C(=O)O. The molecule has 2 aromatic carbocycles. The summed E-state index contributed by atoms with van der Waals surface area (Å²) in [6.07, 6.45) is 0. The highest BCUT2D eigenvalue weighted by molar-refractivity contribution is 7.92. The number of anilines is 1. The van der Waals surface area contributed by atoms with E-state index in [4.69, 9.17) is 9.84 Å². The number of carboxylic acids is 1. The van der Waals surface area contributed by atoms with Gasteiger partial charge < -0.3 is 9.84 Å². The monoisotopic (exact) mass is 346 g/mol. The van der Waals surface area contributed by atoms with E-state index in [1.54, 1.807) is 19.1 Å². The first-order chi connectivity index (χ1) is 11.3. The van der Waals surface area contributed by atoms with Gasteiger partial charge >= 0.3 is 5.97 Å². The van der Waals surface area contributed by atoms with Crippen LogP contribution in [0, 0.1) is 18.3 Å². The second-order valence-electron chi connectivity index (χ2n) is 4.89. The lowest BCUT2D eigenvalue weighted by Crippen LogP contribution is -2.15. The number of nitrogens with one attached hydrogen (secondary N) is 1.